The predicted octanol–water partition coefficient (Wildman–Crippen LogP) is 3.53. The monoisotopic (exact) mass is 421 g/mol. The summed E-state index contributed by atoms with van der Waals surface area (Å²) in [6.07, 6.45) is 0.374. The molecule has 0 aliphatic carbocycles. The van der Waals surface area contributed by atoms with Gasteiger partial charge in [0, 0.05) is 5.69 Å². The number of amides is 1. The van der Waals surface area contributed by atoms with E-state index >= 15 is 0 Å². The number of aryl methyl sites for hydroxylation is 1. The lowest BCUT2D eigenvalue weighted by Crippen LogP contribution is -2.15. The number of nitrogens with one attached hydrogen (secondary N) is 1. The summed E-state index contributed by atoms with van der Waals surface area (Å²) in [5.74, 6) is 0.413. The summed E-state index contributed by atoms with van der Waals surface area (Å²) >= 11 is 0. The molecule has 2 aromatic rings. The fraction of sp³-hybridized carbons (Fsp3) is 0.381. The zero-order valence-corrected chi connectivity index (χ0v) is 17.7. The minimum absolute atomic E-state index is 0.0728. The van der Waals surface area contributed by atoms with Crippen molar-refractivity contribution in [1.29, 1.82) is 0 Å². The summed E-state index contributed by atoms with van der Waals surface area (Å²) in [5.41, 5.74) is 1.61. The highest BCUT2D eigenvalue weighted by Gasteiger charge is 2.14. The molecule has 0 heterocycles. The van der Waals surface area contributed by atoms with Crippen LogP contribution in [0.2, 0.25) is 0 Å². The van der Waals surface area contributed by atoms with Crippen LogP contribution in [0, 0.1) is 6.92 Å². The van der Waals surface area contributed by atoms with Crippen LogP contribution < -0.4 is 10.1 Å². The Morgan fingerprint density at radius 2 is 1.62 bits per heavy atom. The molecular weight excluding hydrogens is 394 g/mol. The Balaban J connectivity index is 1.73. The first-order valence-corrected chi connectivity index (χ1v) is 10.8. The van der Waals surface area contributed by atoms with Gasteiger partial charge in [0.2, 0.25) is 5.91 Å². The molecule has 0 fully saturated rings. The Morgan fingerprint density at radius 1 is 0.966 bits per heavy atom. The van der Waals surface area contributed by atoms with Crippen molar-refractivity contribution in [2.24, 2.45) is 0 Å². The van der Waals surface area contributed by atoms with Crippen LogP contribution in [0.15, 0.2) is 53.4 Å². The number of ether oxygens (including phenoxy) is 2. The predicted molar refractivity (Wildman–Crippen MR) is 111 cm³/mol. The third kappa shape index (κ3) is 8.23. The number of carbonyl (C=O) groups excluding carboxylic acids is 1. The molecular formula is C21H27NO6S. The van der Waals surface area contributed by atoms with Crippen molar-refractivity contribution in [3.05, 3.63) is 54.1 Å². The standard InChI is InChI=1S/C21H27NO6S/c1-16(2)26-13-12-21(23)22-18-6-8-19(9-7-18)27-14-15-28-29(24,25)20-10-4-17(3)5-11-20/h4-11,16H,12-15H2,1-3H3,(H,22,23). The molecule has 29 heavy (non-hydrogen) atoms. The SMILES string of the molecule is Cc1ccc(S(=O)(=O)OCCOc2ccc(NC(=O)CCOC(C)C)cc2)cc1. The van der Waals surface area contributed by atoms with E-state index in [1.165, 1.54) is 12.1 Å². The van der Waals surface area contributed by atoms with E-state index in [2.05, 4.69) is 5.32 Å². The summed E-state index contributed by atoms with van der Waals surface area (Å²) in [5, 5.41) is 2.77. The quantitative estimate of drug-likeness (QED) is 0.441. The molecule has 0 aromatic heterocycles. The lowest BCUT2D eigenvalue weighted by molar-refractivity contribution is -0.117. The molecule has 0 saturated carbocycles. The van der Waals surface area contributed by atoms with Crippen LogP contribution in [0.25, 0.3) is 0 Å². The number of hydrogen-bond donors (Lipinski definition) is 1. The molecule has 0 spiro atoms. The van der Waals surface area contributed by atoms with Crippen LogP contribution in [0.5, 0.6) is 5.75 Å². The van der Waals surface area contributed by atoms with E-state index in [-0.39, 0.29) is 36.5 Å². The van der Waals surface area contributed by atoms with Crippen molar-refractivity contribution in [2.45, 2.75) is 38.2 Å². The average molecular weight is 422 g/mol. The first kappa shape index (κ1) is 22.9. The van der Waals surface area contributed by atoms with Gasteiger partial charge in [0.1, 0.15) is 19.0 Å². The van der Waals surface area contributed by atoms with E-state index in [0.29, 0.717) is 18.0 Å². The maximum atomic E-state index is 12.1. The Morgan fingerprint density at radius 3 is 2.24 bits per heavy atom. The van der Waals surface area contributed by atoms with Gasteiger partial charge in [-0.2, -0.15) is 8.42 Å². The van der Waals surface area contributed by atoms with Gasteiger partial charge < -0.3 is 14.8 Å². The van der Waals surface area contributed by atoms with Crippen LogP contribution >= 0.6 is 0 Å². The van der Waals surface area contributed by atoms with Crippen molar-refractivity contribution in [3.8, 4) is 5.75 Å². The van der Waals surface area contributed by atoms with Gasteiger partial charge in [0.05, 0.1) is 24.0 Å². The maximum absolute atomic E-state index is 12.1. The van der Waals surface area contributed by atoms with Crippen LogP contribution in [0.4, 0.5) is 5.69 Å². The highest BCUT2D eigenvalue weighted by atomic mass is 32.2. The molecule has 0 bridgehead atoms. The molecule has 2 rings (SSSR count). The van der Waals surface area contributed by atoms with Crippen molar-refractivity contribution in [1.82, 2.24) is 0 Å². The highest BCUT2D eigenvalue weighted by Crippen LogP contribution is 2.17. The first-order chi connectivity index (χ1) is 13.8. The molecule has 1 N–H and O–H groups in total. The second kappa shape index (κ2) is 10.9. The number of carbonyl (C=O) groups is 1. The summed E-state index contributed by atoms with van der Waals surface area (Å²) < 4.78 is 40.0. The second-order valence-corrected chi connectivity index (χ2v) is 8.30. The van der Waals surface area contributed by atoms with E-state index < -0.39 is 10.1 Å². The Bertz CT molecular complexity index is 876. The lowest BCUT2D eigenvalue weighted by atomic mass is 10.2. The molecule has 0 aliphatic heterocycles. The molecule has 8 heteroatoms. The van der Waals surface area contributed by atoms with Crippen LogP contribution in [0.3, 0.4) is 0 Å². The summed E-state index contributed by atoms with van der Waals surface area (Å²) in [6.45, 7) is 6.05. The normalized spacial score (nSPS) is 11.4. The summed E-state index contributed by atoms with van der Waals surface area (Å²) in [4.78, 5) is 11.9. The first-order valence-electron chi connectivity index (χ1n) is 9.37. The highest BCUT2D eigenvalue weighted by molar-refractivity contribution is 7.86. The van der Waals surface area contributed by atoms with Crippen LogP contribution in [0.1, 0.15) is 25.8 Å². The van der Waals surface area contributed by atoms with Crippen molar-refractivity contribution in [2.75, 3.05) is 25.1 Å². The van der Waals surface area contributed by atoms with E-state index in [0.717, 1.165) is 5.56 Å². The van der Waals surface area contributed by atoms with Crippen molar-refractivity contribution in [3.63, 3.8) is 0 Å². The molecule has 0 atom stereocenters. The molecule has 0 radical (unpaired) electrons. The average Bonchev–Trinajstić information content (AvgIpc) is 2.66. The summed E-state index contributed by atoms with van der Waals surface area (Å²) in [6, 6.07) is 13.2. The fourth-order valence-electron chi connectivity index (χ4n) is 2.32. The fourth-order valence-corrected chi connectivity index (χ4v) is 3.21. The Hall–Kier alpha value is -2.42. The number of benzene rings is 2. The third-order valence-corrected chi connectivity index (χ3v) is 5.15. The third-order valence-electron chi connectivity index (χ3n) is 3.82. The lowest BCUT2D eigenvalue weighted by Gasteiger charge is -2.10. The zero-order valence-electron chi connectivity index (χ0n) is 16.9. The molecule has 0 unspecified atom stereocenters. The molecule has 0 saturated heterocycles. The molecule has 2 aromatic carbocycles. The zero-order chi connectivity index (χ0) is 21.3. The molecule has 0 aliphatic rings. The van der Waals surface area contributed by atoms with Crippen molar-refractivity contribution < 1.29 is 26.9 Å². The van der Waals surface area contributed by atoms with Gasteiger partial charge in [-0.05, 0) is 57.2 Å². The van der Waals surface area contributed by atoms with Gasteiger partial charge in [-0.3, -0.25) is 8.98 Å². The van der Waals surface area contributed by atoms with Gasteiger partial charge in [-0.1, -0.05) is 17.7 Å². The minimum atomic E-state index is -3.80. The molecule has 7 nitrogen and oxygen atoms in total. The van der Waals surface area contributed by atoms with E-state index in [9.17, 15) is 13.2 Å². The number of anilines is 1. The number of rotatable bonds is 11. The van der Waals surface area contributed by atoms with Crippen LogP contribution in [-0.2, 0) is 23.8 Å². The van der Waals surface area contributed by atoms with E-state index in [1.54, 1.807) is 36.4 Å². The largest absolute Gasteiger partial charge is 0.491 e. The number of hydrogen-bond acceptors (Lipinski definition) is 6. The topological polar surface area (TPSA) is 90.9 Å². The summed E-state index contributed by atoms with van der Waals surface area (Å²) in [7, 11) is -3.80. The van der Waals surface area contributed by atoms with E-state index in [4.69, 9.17) is 13.7 Å². The van der Waals surface area contributed by atoms with E-state index in [1.807, 2.05) is 20.8 Å². The van der Waals surface area contributed by atoms with Gasteiger partial charge in [0.25, 0.3) is 10.1 Å². The Kier molecular flexibility index (Phi) is 8.63. The van der Waals surface area contributed by atoms with Gasteiger partial charge >= 0.3 is 0 Å². The molecule has 1 amide bonds. The van der Waals surface area contributed by atoms with Crippen molar-refractivity contribution >= 4 is 21.7 Å². The Labute approximate surface area is 172 Å². The van der Waals surface area contributed by atoms with Gasteiger partial charge in [-0.25, -0.2) is 0 Å². The molecule has 158 valence electrons. The second-order valence-electron chi connectivity index (χ2n) is 6.68. The smallest absolute Gasteiger partial charge is 0.297 e. The maximum Gasteiger partial charge on any atom is 0.297 e. The minimum Gasteiger partial charge on any atom is -0.491 e. The van der Waals surface area contributed by atoms with Crippen LogP contribution in [-0.4, -0.2) is 40.2 Å². The van der Waals surface area contributed by atoms with Gasteiger partial charge in [-0.15, -0.1) is 0 Å². The van der Waals surface area contributed by atoms with Gasteiger partial charge in [0.15, 0.2) is 0 Å².